The van der Waals surface area contributed by atoms with Crippen LogP contribution in [0.1, 0.15) is 23.5 Å². The minimum atomic E-state index is -0.847. The topological polar surface area (TPSA) is 76.1 Å². The lowest BCUT2D eigenvalue weighted by Gasteiger charge is -2.23. The third kappa shape index (κ3) is 3.63. The summed E-state index contributed by atoms with van der Waals surface area (Å²) in [7, 11) is 0. The molecule has 1 aliphatic heterocycles. The van der Waals surface area contributed by atoms with Gasteiger partial charge in [-0.15, -0.1) is 0 Å². The Hall–Kier alpha value is -3.12. The van der Waals surface area contributed by atoms with E-state index >= 15 is 0 Å². The maximum Gasteiger partial charge on any atom is 0.410 e. The zero-order chi connectivity index (χ0) is 20.4. The average molecular weight is 393 g/mol. The Bertz CT molecular complexity index is 895. The molecule has 4 rings (SSSR count). The van der Waals surface area contributed by atoms with E-state index in [1.54, 1.807) is 0 Å². The molecule has 0 radical (unpaired) electrons. The molecule has 0 unspecified atom stereocenters. The Morgan fingerprint density at radius 2 is 1.69 bits per heavy atom. The van der Waals surface area contributed by atoms with Gasteiger partial charge in [0.15, 0.2) is 0 Å². The first-order chi connectivity index (χ1) is 14.1. The maximum absolute atomic E-state index is 12.7. The lowest BCUT2D eigenvalue weighted by molar-refractivity contribution is -0.147. The van der Waals surface area contributed by atoms with Gasteiger partial charge in [0.1, 0.15) is 19.3 Å². The smallest absolute Gasteiger partial charge is 0.410 e. The van der Waals surface area contributed by atoms with Crippen LogP contribution in [0.5, 0.6) is 0 Å². The van der Waals surface area contributed by atoms with Crippen molar-refractivity contribution < 1.29 is 24.2 Å². The van der Waals surface area contributed by atoms with E-state index in [2.05, 4.69) is 18.7 Å². The summed E-state index contributed by atoms with van der Waals surface area (Å²) in [6.45, 7) is 3.77. The van der Waals surface area contributed by atoms with Crippen LogP contribution in [0.4, 0.5) is 4.79 Å². The van der Waals surface area contributed by atoms with Crippen LogP contribution in [-0.4, -0.2) is 54.0 Å². The standard InChI is InChI=1S/C23H23NO5/c1-2-11-28-22(26)21-12-15(25)13-24(21)23(27)29-14-20-18-9-5-3-7-16(18)17-8-4-6-10-19(17)20/h2-10,15,20-21,25H,1,11-14H2/t15-,21-/m1/s1. The minimum absolute atomic E-state index is 0.0462. The van der Waals surface area contributed by atoms with Gasteiger partial charge >= 0.3 is 12.1 Å². The Morgan fingerprint density at radius 3 is 2.31 bits per heavy atom. The zero-order valence-corrected chi connectivity index (χ0v) is 16.0. The molecule has 1 amide bonds. The summed E-state index contributed by atoms with van der Waals surface area (Å²) in [6.07, 6.45) is 0.196. The van der Waals surface area contributed by atoms with Gasteiger partial charge in [-0.25, -0.2) is 9.59 Å². The van der Waals surface area contributed by atoms with E-state index in [1.807, 2.05) is 36.4 Å². The van der Waals surface area contributed by atoms with E-state index in [0.717, 1.165) is 22.3 Å². The van der Waals surface area contributed by atoms with Crippen LogP contribution in [0.15, 0.2) is 61.2 Å². The Labute approximate surface area is 169 Å². The van der Waals surface area contributed by atoms with Crippen molar-refractivity contribution in [1.82, 2.24) is 4.90 Å². The molecule has 1 aliphatic carbocycles. The van der Waals surface area contributed by atoms with E-state index in [0.29, 0.717) is 0 Å². The number of rotatable bonds is 5. The molecule has 1 fully saturated rings. The number of hydrogen-bond donors (Lipinski definition) is 1. The first kappa shape index (κ1) is 19.2. The average Bonchev–Trinajstić information content (AvgIpc) is 3.29. The van der Waals surface area contributed by atoms with E-state index < -0.39 is 24.2 Å². The number of carbonyl (C=O) groups is 2. The van der Waals surface area contributed by atoms with Crippen molar-refractivity contribution in [1.29, 1.82) is 0 Å². The molecule has 2 aromatic carbocycles. The lowest BCUT2D eigenvalue weighted by atomic mass is 9.98. The fraction of sp³-hybridized carbons (Fsp3) is 0.304. The third-order valence-electron chi connectivity index (χ3n) is 5.47. The number of aliphatic hydroxyl groups is 1. The van der Waals surface area contributed by atoms with E-state index in [9.17, 15) is 14.7 Å². The molecule has 1 heterocycles. The van der Waals surface area contributed by atoms with Crippen molar-refractivity contribution in [2.75, 3.05) is 19.8 Å². The van der Waals surface area contributed by atoms with E-state index in [-0.39, 0.29) is 32.1 Å². The largest absolute Gasteiger partial charge is 0.460 e. The summed E-state index contributed by atoms with van der Waals surface area (Å²) in [5.74, 6) is -0.625. The summed E-state index contributed by atoms with van der Waals surface area (Å²) >= 11 is 0. The highest BCUT2D eigenvalue weighted by atomic mass is 16.6. The van der Waals surface area contributed by atoms with Crippen LogP contribution < -0.4 is 0 Å². The third-order valence-corrected chi connectivity index (χ3v) is 5.47. The van der Waals surface area contributed by atoms with Crippen LogP contribution in [0.25, 0.3) is 11.1 Å². The highest BCUT2D eigenvalue weighted by Crippen LogP contribution is 2.44. The van der Waals surface area contributed by atoms with Gasteiger partial charge in [-0.1, -0.05) is 61.2 Å². The molecular weight excluding hydrogens is 370 g/mol. The molecule has 2 aromatic rings. The van der Waals surface area contributed by atoms with Gasteiger partial charge in [-0.2, -0.15) is 0 Å². The van der Waals surface area contributed by atoms with Crippen molar-refractivity contribution >= 4 is 12.1 Å². The first-order valence-electron chi connectivity index (χ1n) is 9.67. The Morgan fingerprint density at radius 1 is 1.07 bits per heavy atom. The van der Waals surface area contributed by atoms with Gasteiger partial charge in [0.25, 0.3) is 0 Å². The summed E-state index contributed by atoms with van der Waals surface area (Å²) in [6, 6.07) is 15.3. The Balaban J connectivity index is 1.48. The second-order valence-corrected chi connectivity index (χ2v) is 7.28. The van der Waals surface area contributed by atoms with Gasteiger partial charge in [0.2, 0.25) is 0 Å². The summed E-state index contributed by atoms with van der Waals surface area (Å²) in [5.41, 5.74) is 4.52. The van der Waals surface area contributed by atoms with E-state index in [4.69, 9.17) is 9.47 Å². The highest BCUT2D eigenvalue weighted by molar-refractivity contribution is 5.83. The second kappa shape index (κ2) is 8.09. The molecule has 1 saturated heterocycles. The predicted octanol–water partition coefficient (Wildman–Crippen LogP) is 3.10. The second-order valence-electron chi connectivity index (χ2n) is 7.28. The van der Waals surface area contributed by atoms with E-state index in [1.165, 1.54) is 11.0 Å². The summed E-state index contributed by atoms with van der Waals surface area (Å²) < 4.78 is 10.7. The maximum atomic E-state index is 12.7. The molecule has 1 N–H and O–H groups in total. The summed E-state index contributed by atoms with van der Waals surface area (Å²) in [5, 5.41) is 9.96. The number of benzene rings is 2. The molecule has 6 nitrogen and oxygen atoms in total. The molecule has 0 spiro atoms. The molecular formula is C23H23NO5. The Kier molecular flexibility index (Phi) is 5.36. The SMILES string of the molecule is C=CCOC(=O)[C@H]1C[C@@H](O)CN1C(=O)OCC1c2ccccc2-c2ccccc21. The van der Waals surface area contributed by atoms with Crippen molar-refractivity contribution in [3.63, 3.8) is 0 Å². The number of ether oxygens (including phenoxy) is 2. The van der Waals surface area contributed by atoms with Crippen molar-refractivity contribution in [2.45, 2.75) is 24.5 Å². The number of nitrogens with zero attached hydrogens (tertiary/aromatic N) is 1. The van der Waals surface area contributed by atoms with Gasteiger partial charge in [-0.05, 0) is 22.3 Å². The predicted molar refractivity (Wildman–Crippen MR) is 107 cm³/mol. The number of likely N-dealkylation sites (tertiary alicyclic amines) is 1. The highest BCUT2D eigenvalue weighted by Gasteiger charge is 2.41. The zero-order valence-electron chi connectivity index (χ0n) is 16.0. The number of carbonyl (C=O) groups excluding carboxylic acids is 2. The minimum Gasteiger partial charge on any atom is -0.460 e. The first-order valence-corrected chi connectivity index (χ1v) is 9.67. The van der Waals surface area contributed by atoms with Crippen LogP contribution in [0.2, 0.25) is 0 Å². The van der Waals surface area contributed by atoms with Crippen molar-refractivity contribution in [3.8, 4) is 11.1 Å². The van der Waals surface area contributed by atoms with Crippen LogP contribution in [-0.2, 0) is 14.3 Å². The molecule has 0 aromatic heterocycles. The van der Waals surface area contributed by atoms with Gasteiger partial charge in [0.05, 0.1) is 12.6 Å². The fourth-order valence-electron chi connectivity index (χ4n) is 4.15. The monoisotopic (exact) mass is 393 g/mol. The van der Waals surface area contributed by atoms with Crippen LogP contribution in [0, 0.1) is 0 Å². The summed E-state index contributed by atoms with van der Waals surface area (Å²) in [4.78, 5) is 26.2. The number of fused-ring (bicyclic) bond motifs is 3. The van der Waals surface area contributed by atoms with Crippen LogP contribution in [0.3, 0.4) is 0 Å². The molecule has 0 bridgehead atoms. The molecule has 2 atom stereocenters. The van der Waals surface area contributed by atoms with Crippen molar-refractivity contribution in [2.24, 2.45) is 0 Å². The number of esters is 1. The fourth-order valence-corrected chi connectivity index (χ4v) is 4.15. The molecule has 150 valence electrons. The van der Waals surface area contributed by atoms with Crippen LogP contribution >= 0.6 is 0 Å². The lowest BCUT2D eigenvalue weighted by Crippen LogP contribution is -2.42. The number of β-amino-alcohol motifs (C(OH)–C–C–N with tert-alkyl or cyclic N) is 1. The number of amides is 1. The molecule has 0 saturated carbocycles. The number of hydrogen-bond acceptors (Lipinski definition) is 5. The molecule has 29 heavy (non-hydrogen) atoms. The van der Waals surface area contributed by atoms with Gasteiger partial charge in [-0.3, -0.25) is 4.90 Å². The van der Waals surface area contributed by atoms with Gasteiger partial charge < -0.3 is 14.6 Å². The van der Waals surface area contributed by atoms with Gasteiger partial charge in [0, 0.05) is 12.3 Å². The number of aliphatic hydroxyl groups excluding tert-OH is 1. The molecule has 6 heteroatoms. The normalized spacial score (nSPS) is 20.1. The van der Waals surface area contributed by atoms with Crippen molar-refractivity contribution in [3.05, 3.63) is 72.3 Å². The molecule has 2 aliphatic rings. The quantitative estimate of drug-likeness (QED) is 0.624.